The van der Waals surface area contributed by atoms with Gasteiger partial charge in [-0.25, -0.2) is 4.79 Å². The average molecular weight is 287 g/mol. The lowest BCUT2D eigenvalue weighted by Crippen LogP contribution is -2.44. The van der Waals surface area contributed by atoms with E-state index in [0.29, 0.717) is 6.54 Å². The standard InChI is InChI=1S/C16H21N3O2/c1-2-10-17-16(21)18-15(20)12-19-11-6-9-14(19)13-7-4-3-5-8-13/h2-5,7-8,14H,1,6,9-12H2,(H2,17,18,20,21)/t14-/m1/s1. The molecule has 1 heterocycles. The minimum atomic E-state index is -0.477. The summed E-state index contributed by atoms with van der Waals surface area (Å²) < 4.78 is 0. The van der Waals surface area contributed by atoms with Gasteiger partial charge in [0.15, 0.2) is 0 Å². The number of carbonyl (C=O) groups is 2. The van der Waals surface area contributed by atoms with Gasteiger partial charge >= 0.3 is 6.03 Å². The second-order valence-electron chi connectivity index (χ2n) is 5.09. The molecule has 21 heavy (non-hydrogen) atoms. The Morgan fingerprint density at radius 2 is 2.10 bits per heavy atom. The van der Waals surface area contributed by atoms with E-state index in [0.717, 1.165) is 19.4 Å². The number of urea groups is 1. The van der Waals surface area contributed by atoms with Crippen molar-refractivity contribution >= 4 is 11.9 Å². The van der Waals surface area contributed by atoms with E-state index in [4.69, 9.17) is 0 Å². The molecular weight excluding hydrogens is 266 g/mol. The molecule has 2 rings (SSSR count). The lowest BCUT2D eigenvalue weighted by atomic mass is 10.0. The zero-order valence-corrected chi connectivity index (χ0v) is 12.0. The van der Waals surface area contributed by atoms with Crippen molar-refractivity contribution in [2.45, 2.75) is 18.9 Å². The van der Waals surface area contributed by atoms with Gasteiger partial charge in [-0.3, -0.25) is 15.0 Å². The fraction of sp³-hybridized carbons (Fsp3) is 0.375. The van der Waals surface area contributed by atoms with Gasteiger partial charge in [0.25, 0.3) is 0 Å². The molecule has 0 aliphatic carbocycles. The molecule has 0 aromatic heterocycles. The highest BCUT2D eigenvalue weighted by atomic mass is 16.2. The molecule has 5 heteroatoms. The third kappa shape index (κ3) is 4.43. The number of rotatable bonds is 5. The molecule has 112 valence electrons. The number of hydrogen-bond acceptors (Lipinski definition) is 3. The molecule has 1 saturated heterocycles. The highest BCUT2D eigenvalue weighted by molar-refractivity contribution is 5.95. The first-order chi connectivity index (χ1) is 10.2. The lowest BCUT2D eigenvalue weighted by Gasteiger charge is -2.24. The summed E-state index contributed by atoms with van der Waals surface area (Å²) >= 11 is 0. The maximum Gasteiger partial charge on any atom is 0.321 e. The third-order valence-corrected chi connectivity index (χ3v) is 3.55. The number of carbonyl (C=O) groups excluding carboxylic acids is 2. The quantitative estimate of drug-likeness (QED) is 0.812. The van der Waals surface area contributed by atoms with Crippen molar-refractivity contribution in [1.82, 2.24) is 15.5 Å². The Kier molecular flexibility index (Phi) is 5.51. The number of hydrogen-bond donors (Lipinski definition) is 2. The van der Waals surface area contributed by atoms with Crippen LogP contribution in [-0.2, 0) is 4.79 Å². The van der Waals surface area contributed by atoms with E-state index in [-0.39, 0.29) is 18.5 Å². The van der Waals surface area contributed by atoms with Gasteiger partial charge in [-0.1, -0.05) is 36.4 Å². The van der Waals surface area contributed by atoms with Crippen LogP contribution in [0.25, 0.3) is 0 Å². The molecular formula is C16H21N3O2. The van der Waals surface area contributed by atoms with E-state index in [9.17, 15) is 9.59 Å². The van der Waals surface area contributed by atoms with Gasteiger partial charge in [0.2, 0.25) is 5.91 Å². The van der Waals surface area contributed by atoms with E-state index in [1.165, 1.54) is 5.56 Å². The molecule has 0 saturated carbocycles. The molecule has 1 aromatic rings. The lowest BCUT2D eigenvalue weighted by molar-refractivity contribution is -0.121. The molecule has 1 atom stereocenters. The van der Waals surface area contributed by atoms with Crippen molar-refractivity contribution in [2.24, 2.45) is 0 Å². The number of benzene rings is 1. The number of nitrogens with one attached hydrogen (secondary N) is 2. The Morgan fingerprint density at radius 3 is 2.81 bits per heavy atom. The number of likely N-dealkylation sites (tertiary alicyclic amines) is 1. The van der Waals surface area contributed by atoms with Gasteiger partial charge in [-0.2, -0.15) is 0 Å². The first-order valence-corrected chi connectivity index (χ1v) is 7.18. The van der Waals surface area contributed by atoms with Gasteiger partial charge in [0.05, 0.1) is 6.54 Å². The molecule has 1 aliphatic rings. The van der Waals surface area contributed by atoms with Crippen LogP contribution in [0.15, 0.2) is 43.0 Å². The smallest absolute Gasteiger partial charge is 0.321 e. The second-order valence-corrected chi connectivity index (χ2v) is 5.09. The molecule has 0 radical (unpaired) electrons. The van der Waals surface area contributed by atoms with Crippen LogP contribution < -0.4 is 10.6 Å². The van der Waals surface area contributed by atoms with E-state index in [2.05, 4.69) is 34.2 Å². The Morgan fingerprint density at radius 1 is 1.33 bits per heavy atom. The molecule has 3 amide bonds. The summed E-state index contributed by atoms with van der Waals surface area (Å²) in [5.74, 6) is -0.278. The summed E-state index contributed by atoms with van der Waals surface area (Å²) in [6.07, 6.45) is 3.67. The van der Waals surface area contributed by atoms with Crippen molar-refractivity contribution in [1.29, 1.82) is 0 Å². The Balaban J connectivity index is 1.88. The zero-order chi connectivity index (χ0) is 15.1. The van der Waals surface area contributed by atoms with Crippen LogP contribution in [0, 0.1) is 0 Å². The van der Waals surface area contributed by atoms with Gasteiger partial charge in [0, 0.05) is 12.6 Å². The molecule has 1 aromatic carbocycles. The van der Waals surface area contributed by atoms with Crippen LogP contribution in [0.2, 0.25) is 0 Å². The van der Waals surface area contributed by atoms with E-state index in [1.54, 1.807) is 6.08 Å². The maximum atomic E-state index is 11.9. The van der Waals surface area contributed by atoms with Crippen molar-refractivity contribution in [3.05, 3.63) is 48.6 Å². The molecule has 5 nitrogen and oxygen atoms in total. The van der Waals surface area contributed by atoms with E-state index >= 15 is 0 Å². The van der Waals surface area contributed by atoms with Crippen molar-refractivity contribution in [3.63, 3.8) is 0 Å². The molecule has 1 fully saturated rings. The predicted molar refractivity (Wildman–Crippen MR) is 81.7 cm³/mol. The highest BCUT2D eigenvalue weighted by Crippen LogP contribution is 2.31. The van der Waals surface area contributed by atoms with Crippen LogP contribution in [0.4, 0.5) is 4.79 Å². The number of nitrogens with zero attached hydrogens (tertiary/aromatic N) is 1. The Bertz CT molecular complexity index is 502. The zero-order valence-electron chi connectivity index (χ0n) is 12.0. The minimum Gasteiger partial charge on any atom is -0.334 e. The van der Waals surface area contributed by atoms with Crippen molar-refractivity contribution in [3.8, 4) is 0 Å². The van der Waals surface area contributed by atoms with Crippen LogP contribution in [0.3, 0.4) is 0 Å². The van der Waals surface area contributed by atoms with Crippen LogP contribution in [0.5, 0.6) is 0 Å². The van der Waals surface area contributed by atoms with E-state index < -0.39 is 6.03 Å². The van der Waals surface area contributed by atoms with Crippen molar-refractivity contribution < 1.29 is 9.59 Å². The second kappa shape index (κ2) is 7.59. The van der Waals surface area contributed by atoms with Crippen LogP contribution >= 0.6 is 0 Å². The Labute approximate surface area is 125 Å². The molecule has 0 spiro atoms. The van der Waals surface area contributed by atoms with Crippen LogP contribution in [-0.4, -0.2) is 36.5 Å². The van der Waals surface area contributed by atoms with E-state index in [1.807, 2.05) is 18.2 Å². The first-order valence-electron chi connectivity index (χ1n) is 7.18. The highest BCUT2D eigenvalue weighted by Gasteiger charge is 2.27. The summed E-state index contributed by atoms with van der Waals surface area (Å²) in [6.45, 7) is 4.96. The average Bonchev–Trinajstić information content (AvgIpc) is 2.94. The summed E-state index contributed by atoms with van der Waals surface area (Å²) in [5.41, 5.74) is 1.22. The molecule has 1 aliphatic heterocycles. The van der Waals surface area contributed by atoms with Crippen molar-refractivity contribution in [2.75, 3.05) is 19.6 Å². The maximum absolute atomic E-state index is 11.9. The largest absolute Gasteiger partial charge is 0.334 e. The molecule has 2 N–H and O–H groups in total. The summed E-state index contributed by atoms with van der Waals surface area (Å²) in [6, 6.07) is 9.95. The summed E-state index contributed by atoms with van der Waals surface area (Å²) in [5, 5.41) is 4.86. The normalized spacial score (nSPS) is 18.2. The number of imide groups is 1. The van der Waals surface area contributed by atoms with Gasteiger partial charge < -0.3 is 5.32 Å². The Hall–Kier alpha value is -2.14. The summed E-state index contributed by atoms with van der Waals surface area (Å²) in [7, 11) is 0. The van der Waals surface area contributed by atoms with Gasteiger partial charge in [0.1, 0.15) is 0 Å². The van der Waals surface area contributed by atoms with Gasteiger partial charge in [-0.15, -0.1) is 6.58 Å². The SMILES string of the molecule is C=CCNC(=O)NC(=O)CN1CCC[C@@H]1c1ccccc1. The van der Waals surface area contributed by atoms with Crippen LogP contribution in [0.1, 0.15) is 24.4 Å². The third-order valence-electron chi connectivity index (χ3n) is 3.55. The topological polar surface area (TPSA) is 61.4 Å². The monoisotopic (exact) mass is 287 g/mol. The number of amides is 3. The van der Waals surface area contributed by atoms with Gasteiger partial charge in [-0.05, 0) is 24.9 Å². The minimum absolute atomic E-state index is 0.237. The predicted octanol–water partition coefficient (Wildman–Crippen LogP) is 1.84. The fourth-order valence-corrected chi connectivity index (χ4v) is 2.63. The summed E-state index contributed by atoms with van der Waals surface area (Å²) in [4.78, 5) is 25.5. The fourth-order valence-electron chi connectivity index (χ4n) is 2.63. The first kappa shape index (κ1) is 15.3. The molecule has 0 bridgehead atoms. The molecule has 0 unspecified atom stereocenters.